The highest BCUT2D eigenvalue weighted by atomic mass is 16.2. The Bertz CT molecular complexity index is 815. The number of imide groups is 1. The predicted molar refractivity (Wildman–Crippen MR) is 106 cm³/mol. The highest BCUT2D eigenvalue weighted by Gasteiger charge is 2.50. The van der Waals surface area contributed by atoms with Gasteiger partial charge >= 0.3 is 6.03 Å². The van der Waals surface area contributed by atoms with Crippen LogP contribution in [0.4, 0.5) is 4.79 Å². The van der Waals surface area contributed by atoms with E-state index in [0.717, 1.165) is 55.4 Å². The van der Waals surface area contributed by atoms with E-state index in [1.165, 1.54) is 17.5 Å². The van der Waals surface area contributed by atoms with Crippen LogP contribution in [0, 0.1) is 0 Å². The van der Waals surface area contributed by atoms with Gasteiger partial charge in [0.05, 0.1) is 0 Å². The Hall–Kier alpha value is -2.37. The Labute approximate surface area is 166 Å². The maximum Gasteiger partial charge on any atom is 0.325 e. The molecule has 0 bridgehead atoms. The smallest absolute Gasteiger partial charge is 0.325 e. The van der Waals surface area contributed by atoms with E-state index in [1.54, 1.807) is 18.9 Å². The summed E-state index contributed by atoms with van der Waals surface area (Å²) in [5, 5.41) is 2.83. The first kappa shape index (κ1) is 19.0. The summed E-state index contributed by atoms with van der Waals surface area (Å²) < 4.78 is 0. The molecule has 1 N–H and O–H groups in total. The topological polar surface area (TPSA) is 69.7 Å². The molecule has 0 aromatic heterocycles. The highest BCUT2D eigenvalue weighted by Crippen LogP contribution is 2.32. The molecule has 3 aliphatic rings. The highest BCUT2D eigenvalue weighted by molar-refractivity contribution is 6.09. The van der Waals surface area contributed by atoms with Crippen molar-refractivity contribution in [3.8, 4) is 0 Å². The molecule has 4 amide bonds. The lowest BCUT2D eigenvalue weighted by molar-refractivity contribution is -0.139. The lowest BCUT2D eigenvalue weighted by atomic mass is 9.89. The van der Waals surface area contributed by atoms with Gasteiger partial charge in [-0.2, -0.15) is 0 Å². The third-order valence-corrected chi connectivity index (χ3v) is 6.76. The standard InChI is InChI=1S/C22H29N3O3/c1-22(17-12-11-15-7-6-8-16(15)13-17)20(27)25(21(28)23-22)14-19(26)24(2)18-9-4-3-5-10-18/h11-13,18H,3-10,14H2,1-2H3,(H,23,28)/t22-/m1/s1. The van der Waals surface area contributed by atoms with Gasteiger partial charge in [-0.1, -0.05) is 37.5 Å². The van der Waals surface area contributed by atoms with Gasteiger partial charge in [0.25, 0.3) is 5.91 Å². The zero-order valence-electron chi connectivity index (χ0n) is 16.8. The van der Waals surface area contributed by atoms with E-state index < -0.39 is 11.6 Å². The Kier molecular flexibility index (Phi) is 4.89. The summed E-state index contributed by atoms with van der Waals surface area (Å²) in [6, 6.07) is 5.76. The van der Waals surface area contributed by atoms with Gasteiger partial charge in [0, 0.05) is 13.1 Å². The zero-order chi connectivity index (χ0) is 19.9. The SMILES string of the molecule is CN(C(=O)CN1C(=O)N[C@](C)(c2ccc3c(c2)CCC3)C1=O)C1CCCCC1. The average molecular weight is 383 g/mol. The lowest BCUT2D eigenvalue weighted by Gasteiger charge is -2.32. The first-order chi connectivity index (χ1) is 13.4. The van der Waals surface area contributed by atoms with Gasteiger partial charge in [0.15, 0.2) is 0 Å². The van der Waals surface area contributed by atoms with Crippen LogP contribution in [0.3, 0.4) is 0 Å². The number of carbonyl (C=O) groups excluding carboxylic acids is 3. The first-order valence-corrected chi connectivity index (χ1v) is 10.4. The molecular weight excluding hydrogens is 354 g/mol. The molecule has 1 heterocycles. The van der Waals surface area contributed by atoms with Crippen molar-refractivity contribution in [1.29, 1.82) is 0 Å². The molecule has 0 spiro atoms. The monoisotopic (exact) mass is 383 g/mol. The summed E-state index contributed by atoms with van der Waals surface area (Å²) in [6.45, 7) is 1.54. The number of nitrogens with zero attached hydrogens (tertiary/aromatic N) is 2. The largest absolute Gasteiger partial charge is 0.341 e. The van der Waals surface area contributed by atoms with Crippen molar-refractivity contribution in [2.24, 2.45) is 0 Å². The van der Waals surface area contributed by atoms with Crippen molar-refractivity contribution in [3.05, 3.63) is 34.9 Å². The second-order valence-electron chi connectivity index (χ2n) is 8.58. The summed E-state index contributed by atoms with van der Waals surface area (Å²) in [5.74, 6) is -0.519. The van der Waals surface area contributed by atoms with Gasteiger partial charge in [-0.15, -0.1) is 0 Å². The van der Waals surface area contributed by atoms with Gasteiger partial charge in [-0.05, 0) is 55.7 Å². The van der Waals surface area contributed by atoms with Crippen molar-refractivity contribution in [3.63, 3.8) is 0 Å². The molecule has 150 valence electrons. The summed E-state index contributed by atoms with van der Waals surface area (Å²) in [7, 11) is 1.79. The molecule has 28 heavy (non-hydrogen) atoms. The number of likely N-dealkylation sites (N-methyl/N-ethyl adjacent to an activating group) is 1. The lowest BCUT2D eigenvalue weighted by Crippen LogP contribution is -2.46. The van der Waals surface area contributed by atoms with E-state index in [9.17, 15) is 14.4 Å². The molecule has 1 atom stereocenters. The number of benzene rings is 1. The Morgan fingerprint density at radius 2 is 1.86 bits per heavy atom. The van der Waals surface area contributed by atoms with Gasteiger partial charge in [0.2, 0.25) is 5.91 Å². The van der Waals surface area contributed by atoms with Crippen LogP contribution in [0.5, 0.6) is 0 Å². The molecule has 0 unspecified atom stereocenters. The number of hydrogen-bond donors (Lipinski definition) is 1. The average Bonchev–Trinajstić information content (AvgIpc) is 3.26. The van der Waals surface area contributed by atoms with Crippen LogP contribution in [0.1, 0.15) is 62.1 Å². The van der Waals surface area contributed by atoms with E-state index in [1.807, 2.05) is 12.1 Å². The molecular formula is C22H29N3O3. The molecule has 1 aromatic rings. The maximum atomic E-state index is 13.1. The molecule has 1 saturated heterocycles. The summed E-state index contributed by atoms with van der Waals surface area (Å²) in [6.07, 6.45) is 8.67. The van der Waals surface area contributed by atoms with Gasteiger partial charge < -0.3 is 10.2 Å². The van der Waals surface area contributed by atoms with Crippen molar-refractivity contribution < 1.29 is 14.4 Å². The minimum Gasteiger partial charge on any atom is -0.341 e. The fourth-order valence-corrected chi connectivity index (χ4v) is 4.84. The number of rotatable bonds is 4. The van der Waals surface area contributed by atoms with Gasteiger partial charge in [0.1, 0.15) is 12.1 Å². The number of nitrogens with one attached hydrogen (secondary N) is 1. The van der Waals surface area contributed by atoms with E-state index >= 15 is 0 Å². The second-order valence-corrected chi connectivity index (χ2v) is 8.58. The van der Waals surface area contributed by atoms with Crippen molar-refractivity contribution in [2.75, 3.05) is 13.6 Å². The fraction of sp³-hybridized carbons (Fsp3) is 0.591. The third kappa shape index (κ3) is 3.19. The van der Waals surface area contributed by atoms with E-state index in [0.29, 0.717) is 0 Å². The molecule has 6 nitrogen and oxygen atoms in total. The van der Waals surface area contributed by atoms with Crippen LogP contribution in [0.25, 0.3) is 0 Å². The molecule has 1 saturated carbocycles. The van der Waals surface area contributed by atoms with Crippen LogP contribution in [-0.4, -0.2) is 47.3 Å². The summed E-state index contributed by atoms with van der Waals surface area (Å²) in [5.41, 5.74) is 2.26. The van der Waals surface area contributed by atoms with Crippen molar-refractivity contribution in [2.45, 2.75) is 69.9 Å². The number of amides is 4. The predicted octanol–water partition coefficient (Wildman–Crippen LogP) is 2.73. The quantitative estimate of drug-likeness (QED) is 0.813. The van der Waals surface area contributed by atoms with E-state index in [2.05, 4.69) is 11.4 Å². The molecule has 4 rings (SSSR count). The summed E-state index contributed by atoms with van der Waals surface area (Å²) in [4.78, 5) is 41.3. The van der Waals surface area contributed by atoms with E-state index in [-0.39, 0.29) is 24.4 Å². The third-order valence-electron chi connectivity index (χ3n) is 6.76. The minimum atomic E-state index is -1.11. The van der Waals surface area contributed by atoms with Gasteiger partial charge in [-0.25, -0.2) is 4.79 Å². The second kappa shape index (κ2) is 7.22. The number of aryl methyl sites for hydroxylation is 2. The number of urea groups is 1. The molecule has 6 heteroatoms. The van der Waals surface area contributed by atoms with Crippen LogP contribution in [0.15, 0.2) is 18.2 Å². The summed E-state index contributed by atoms with van der Waals surface area (Å²) >= 11 is 0. The van der Waals surface area contributed by atoms with Crippen LogP contribution in [-0.2, 0) is 28.0 Å². The first-order valence-electron chi connectivity index (χ1n) is 10.4. The number of hydrogen-bond acceptors (Lipinski definition) is 3. The molecule has 2 aliphatic carbocycles. The molecule has 2 fully saturated rings. The van der Waals surface area contributed by atoms with Crippen LogP contribution < -0.4 is 5.32 Å². The molecule has 1 aliphatic heterocycles. The Balaban J connectivity index is 1.49. The normalized spacial score (nSPS) is 25.0. The maximum absolute atomic E-state index is 13.1. The zero-order valence-corrected chi connectivity index (χ0v) is 16.8. The molecule has 1 aromatic carbocycles. The minimum absolute atomic E-state index is 0.173. The number of fused-ring (bicyclic) bond motifs is 1. The van der Waals surface area contributed by atoms with E-state index in [4.69, 9.17) is 0 Å². The Morgan fingerprint density at radius 3 is 2.61 bits per heavy atom. The van der Waals surface area contributed by atoms with Gasteiger partial charge in [-0.3, -0.25) is 14.5 Å². The number of carbonyl (C=O) groups is 3. The van der Waals surface area contributed by atoms with Crippen molar-refractivity contribution >= 4 is 17.8 Å². The Morgan fingerprint density at radius 1 is 1.14 bits per heavy atom. The van der Waals surface area contributed by atoms with Crippen LogP contribution in [0.2, 0.25) is 0 Å². The van der Waals surface area contributed by atoms with Crippen LogP contribution >= 0.6 is 0 Å². The fourth-order valence-electron chi connectivity index (χ4n) is 4.84. The molecule has 0 radical (unpaired) electrons. The van der Waals surface area contributed by atoms with Crippen molar-refractivity contribution in [1.82, 2.24) is 15.1 Å².